The molecule has 0 bridgehead atoms. The SMILES string of the molecule is COC(C)(C)CNS(=O)(=O)c1cc(F)ccc1N. The van der Waals surface area contributed by atoms with Crippen molar-refractivity contribution >= 4 is 15.7 Å². The molecule has 0 heterocycles. The smallest absolute Gasteiger partial charge is 0.242 e. The van der Waals surface area contributed by atoms with E-state index in [0.717, 1.165) is 12.1 Å². The minimum Gasteiger partial charge on any atom is -0.398 e. The Balaban J connectivity index is 2.97. The van der Waals surface area contributed by atoms with Gasteiger partial charge in [-0.25, -0.2) is 17.5 Å². The summed E-state index contributed by atoms with van der Waals surface area (Å²) < 4.78 is 44.4. The lowest BCUT2D eigenvalue weighted by Gasteiger charge is -2.23. The third kappa shape index (κ3) is 3.66. The first-order chi connectivity index (χ1) is 8.18. The summed E-state index contributed by atoms with van der Waals surface area (Å²) in [6.07, 6.45) is 0. The van der Waals surface area contributed by atoms with Crippen molar-refractivity contribution < 1.29 is 17.5 Å². The summed E-state index contributed by atoms with van der Waals surface area (Å²) in [5.41, 5.74) is 4.87. The van der Waals surface area contributed by atoms with Crippen LogP contribution in [0.25, 0.3) is 0 Å². The molecule has 0 unspecified atom stereocenters. The number of nitrogen functional groups attached to an aromatic ring is 1. The maximum atomic E-state index is 13.0. The molecule has 0 saturated carbocycles. The van der Waals surface area contributed by atoms with Crippen molar-refractivity contribution in [3.05, 3.63) is 24.0 Å². The predicted octanol–water partition coefficient (Wildman–Crippen LogP) is 1.11. The van der Waals surface area contributed by atoms with Crippen molar-refractivity contribution in [2.45, 2.75) is 24.3 Å². The molecule has 0 spiro atoms. The molecular weight excluding hydrogens is 259 g/mol. The van der Waals surface area contributed by atoms with E-state index in [9.17, 15) is 12.8 Å². The van der Waals surface area contributed by atoms with Crippen LogP contribution in [0.3, 0.4) is 0 Å². The van der Waals surface area contributed by atoms with Crippen LogP contribution in [-0.4, -0.2) is 27.7 Å². The van der Waals surface area contributed by atoms with Gasteiger partial charge in [0.05, 0.1) is 11.3 Å². The standard InChI is InChI=1S/C11H17FN2O3S/c1-11(2,17-3)7-14-18(15,16)10-6-8(12)4-5-9(10)13/h4-6,14H,7,13H2,1-3H3. The van der Waals surface area contributed by atoms with E-state index in [-0.39, 0.29) is 17.1 Å². The molecule has 0 aliphatic carbocycles. The van der Waals surface area contributed by atoms with Crippen LogP contribution in [-0.2, 0) is 14.8 Å². The van der Waals surface area contributed by atoms with Crippen molar-refractivity contribution in [2.24, 2.45) is 0 Å². The van der Waals surface area contributed by atoms with Crippen LogP contribution in [0.4, 0.5) is 10.1 Å². The van der Waals surface area contributed by atoms with Gasteiger partial charge in [0.15, 0.2) is 0 Å². The molecule has 18 heavy (non-hydrogen) atoms. The molecule has 0 aliphatic heterocycles. The van der Waals surface area contributed by atoms with E-state index >= 15 is 0 Å². The molecule has 0 aromatic heterocycles. The molecule has 0 aliphatic rings. The van der Waals surface area contributed by atoms with Crippen LogP contribution in [0.1, 0.15) is 13.8 Å². The largest absolute Gasteiger partial charge is 0.398 e. The Bertz CT molecular complexity index is 529. The lowest BCUT2D eigenvalue weighted by molar-refractivity contribution is 0.0276. The highest BCUT2D eigenvalue weighted by Crippen LogP contribution is 2.19. The van der Waals surface area contributed by atoms with Crippen LogP contribution in [0.5, 0.6) is 0 Å². The minimum absolute atomic E-state index is 0.000812. The van der Waals surface area contributed by atoms with E-state index in [4.69, 9.17) is 10.5 Å². The fourth-order valence-electron chi connectivity index (χ4n) is 1.16. The van der Waals surface area contributed by atoms with Gasteiger partial charge < -0.3 is 10.5 Å². The first-order valence-corrected chi connectivity index (χ1v) is 6.76. The molecule has 7 heteroatoms. The monoisotopic (exact) mass is 276 g/mol. The number of methoxy groups -OCH3 is 1. The van der Waals surface area contributed by atoms with Gasteiger partial charge in [-0.3, -0.25) is 0 Å². The lowest BCUT2D eigenvalue weighted by atomic mass is 10.1. The minimum atomic E-state index is -3.85. The summed E-state index contributed by atoms with van der Waals surface area (Å²) in [5.74, 6) is -0.657. The van der Waals surface area contributed by atoms with Gasteiger partial charge >= 0.3 is 0 Å². The summed E-state index contributed by atoms with van der Waals surface area (Å²) in [4.78, 5) is -0.269. The number of halogens is 1. The highest BCUT2D eigenvalue weighted by Gasteiger charge is 2.23. The number of hydrogen-bond donors (Lipinski definition) is 2. The number of rotatable bonds is 5. The summed E-state index contributed by atoms with van der Waals surface area (Å²) in [6.45, 7) is 3.51. The topological polar surface area (TPSA) is 81.4 Å². The van der Waals surface area contributed by atoms with Crippen LogP contribution < -0.4 is 10.5 Å². The quantitative estimate of drug-likeness (QED) is 0.789. The zero-order valence-electron chi connectivity index (χ0n) is 10.5. The molecular formula is C11H17FN2O3S. The molecule has 1 rings (SSSR count). The third-order valence-corrected chi connectivity index (χ3v) is 3.96. The van der Waals surface area contributed by atoms with E-state index in [1.165, 1.54) is 13.2 Å². The second kappa shape index (κ2) is 5.21. The van der Waals surface area contributed by atoms with Crippen molar-refractivity contribution in [1.29, 1.82) is 0 Å². The summed E-state index contributed by atoms with van der Waals surface area (Å²) in [7, 11) is -2.37. The van der Waals surface area contributed by atoms with Gasteiger partial charge in [0.1, 0.15) is 10.7 Å². The third-order valence-electron chi connectivity index (χ3n) is 2.51. The zero-order chi connectivity index (χ0) is 14.0. The first kappa shape index (κ1) is 14.9. The molecule has 0 saturated heterocycles. The fourth-order valence-corrected chi connectivity index (χ4v) is 2.50. The first-order valence-electron chi connectivity index (χ1n) is 5.28. The van der Waals surface area contributed by atoms with E-state index in [1.54, 1.807) is 13.8 Å². The maximum absolute atomic E-state index is 13.0. The molecule has 0 atom stereocenters. The van der Waals surface area contributed by atoms with Crippen LogP contribution in [0, 0.1) is 5.82 Å². The van der Waals surface area contributed by atoms with Gasteiger partial charge in [0, 0.05) is 13.7 Å². The fraction of sp³-hybridized carbons (Fsp3) is 0.455. The van der Waals surface area contributed by atoms with Crippen molar-refractivity contribution in [2.75, 3.05) is 19.4 Å². The van der Waals surface area contributed by atoms with Crippen LogP contribution in [0.2, 0.25) is 0 Å². The van der Waals surface area contributed by atoms with Crippen LogP contribution in [0.15, 0.2) is 23.1 Å². The van der Waals surface area contributed by atoms with Crippen molar-refractivity contribution in [1.82, 2.24) is 4.72 Å². The van der Waals surface area contributed by atoms with Gasteiger partial charge in [-0.05, 0) is 32.0 Å². The Morgan fingerprint density at radius 2 is 2.06 bits per heavy atom. The highest BCUT2D eigenvalue weighted by atomic mass is 32.2. The Hall–Kier alpha value is -1.18. The average Bonchev–Trinajstić information content (AvgIpc) is 2.30. The number of hydrogen-bond acceptors (Lipinski definition) is 4. The lowest BCUT2D eigenvalue weighted by Crippen LogP contribution is -2.39. The number of nitrogens with one attached hydrogen (secondary N) is 1. The molecule has 1 aromatic rings. The second-order valence-electron chi connectivity index (χ2n) is 4.47. The summed E-state index contributed by atoms with van der Waals surface area (Å²) in [5, 5.41) is 0. The van der Waals surface area contributed by atoms with E-state index in [1.807, 2.05) is 0 Å². The van der Waals surface area contributed by atoms with E-state index in [2.05, 4.69) is 4.72 Å². The normalized spacial score (nSPS) is 12.7. The highest BCUT2D eigenvalue weighted by molar-refractivity contribution is 7.89. The van der Waals surface area contributed by atoms with E-state index in [0.29, 0.717) is 0 Å². The van der Waals surface area contributed by atoms with E-state index < -0.39 is 21.4 Å². The number of nitrogens with two attached hydrogens (primary N) is 1. The number of anilines is 1. The maximum Gasteiger partial charge on any atom is 0.242 e. The van der Waals surface area contributed by atoms with Gasteiger partial charge in [-0.1, -0.05) is 0 Å². The van der Waals surface area contributed by atoms with Crippen LogP contribution >= 0.6 is 0 Å². The number of benzene rings is 1. The predicted molar refractivity (Wildman–Crippen MR) is 67.1 cm³/mol. The zero-order valence-corrected chi connectivity index (χ0v) is 11.3. The number of sulfonamides is 1. The second-order valence-corrected chi connectivity index (χ2v) is 6.21. The molecule has 1 aromatic carbocycles. The summed E-state index contributed by atoms with van der Waals surface area (Å²) >= 11 is 0. The van der Waals surface area contributed by atoms with Crippen molar-refractivity contribution in [3.63, 3.8) is 0 Å². The molecule has 0 radical (unpaired) electrons. The van der Waals surface area contributed by atoms with Crippen molar-refractivity contribution in [3.8, 4) is 0 Å². The summed E-state index contributed by atoms with van der Waals surface area (Å²) in [6, 6.07) is 3.20. The number of ether oxygens (including phenoxy) is 1. The molecule has 0 fully saturated rings. The van der Waals surface area contributed by atoms with Gasteiger partial charge in [-0.2, -0.15) is 0 Å². The van der Waals surface area contributed by atoms with Gasteiger partial charge in [0.25, 0.3) is 0 Å². The molecule has 3 N–H and O–H groups in total. The van der Waals surface area contributed by atoms with Gasteiger partial charge in [0.2, 0.25) is 10.0 Å². The Labute approximate surface area is 106 Å². The molecule has 0 amide bonds. The molecule has 5 nitrogen and oxygen atoms in total. The Morgan fingerprint density at radius 3 is 2.61 bits per heavy atom. The Kier molecular flexibility index (Phi) is 4.31. The average molecular weight is 276 g/mol. The molecule has 102 valence electrons. The Morgan fingerprint density at radius 1 is 1.44 bits per heavy atom. The van der Waals surface area contributed by atoms with Gasteiger partial charge in [-0.15, -0.1) is 0 Å².